The quantitative estimate of drug-likeness (QED) is 0.715. The van der Waals surface area contributed by atoms with Gasteiger partial charge >= 0.3 is 0 Å². The lowest BCUT2D eigenvalue weighted by Gasteiger charge is -1.98. The molecule has 74 valence electrons. The Morgan fingerprint density at radius 2 is 2.46 bits per heavy atom. The number of nitrogens with one attached hydrogen (secondary N) is 1. The van der Waals surface area contributed by atoms with Crippen molar-refractivity contribution < 1.29 is 9.63 Å². The van der Waals surface area contributed by atoms with E-state index in [1.807, 2.05) is 0 Å². The first kappa shape index (κ1) is 10.4. The van der Waals surface area contributed by atoms with Gasteiger partial charge in [-0.05, 0) is 13.0 Å². The zero-order valence-corrected chi connectivity index (χ0v) is 7.88. The maximum absolute atomic E-state index is 8.68. The van der Waals surface area contributed by atoms with Crippen molar-refractivity contribution in [1.29, 1.82) is 0 Å². The van der Waals surface area contributed by atoms with Crippen molar-refractivity contribution in [2.24, 2.45) is 0 Å². The van der Waals surface area contributed by atoms with Crippen molar-refractivity contribution in [1.82, 2.24) is 15.5 Å². The van der Waals surface area contributed by atoms with Crippen LogP contribution >= 0.6 is 12.4 Å². The molecule has 0 radical (unpaired) electrons. The summed E-state index contributed by atoms with van der Waals surface area (Å²) in [6.07, 6.45) is 1.05. The van der Waals surface area contributed by atoms with Gasteiger partial charge in [-0.1, -0.05) is 5.16 Å². The van der Waals surface area contributed by atoms with Crippen LogP contribution in [-0.4, -0.2) is 28.3 Å². The first-order valence-corrected chi connectivity index (χ1v) is 4.04. The Hall–Kier alpha value is -0.650. The highest BCUT2D eigenvalue weighted by Crippen LogP contribution is 2.18. The predicted molar refractivity (Wildman–Crippen MR) is 47.7 cm³/mol. The van der Waals surface area contributed by atoms with Gasteiger partial charge in [-0.2, -0.15) is 4.98 Å². The second kappa shape index (κ2) is 4.55. The molecule has 1 fully saturated rings. The third kappa shape index (κ3) is 2.18. The lowest BCUT2D eigenvalue weighted by molar-refractivity contribution is 0.222. The zero-order valence-electron chi connectivity index (χ0n) is 7.06. The second-order valence-corrected chi connectivity index (χ2v) is 2.89. The summed E-state index contributed by atoms with van der Waals surface area (Å²) in [6.45, 7) is 1.74. The van der Waals surface area contributed by atoms with Gasteiger partial charge in [-0.3, -0.25) is 0 Å². The van der Waals surface area contributed by atoms with Crippen LogP contribution in [0.1, 0.15) is 24.1 Å². The predicted octanol–water partition coefficient (Wildman–Crippen LogP) is 0.0606. The Kier molecular flexibility index (Phi) is 3.65. The van der Waals surface area contributed by atoms with Gasteiger partial charge in [0.05, 0.1) is 0 Å². The maximum atomic E-state index is 8.68. The molecule has 0 bridgehead atoms. The molecule has 1 aliphatic rings. The summed E-state index contributed by atoms with van der Waals surface area (Å²) in [4.78, 5) is 4.04. The third-order valence-electron chi connectivity index (χ3n) is 2.04. The van der Waals surface area contributed by atoms with Gasteiger partial charge in [0.2, 0.25) is 0 Å². The molecule has 5 nitrogen and oxygen atoms in total. The number of aliphatic hydroxyl groups excluding tert-OH is 1. The van der Waals surface area contributed by atoms with Gasteiger partial charge in [-0.15, -0.1) is 12.4 Å². The molecule has 0 amide bonds. The van der Waals surface area contributed by atoms with E-state index in [-0.39, 0.29) is 19.0 Å². The summed E-state index contributed by atoms with van der Waals surface area (Å²) >= 11 is 0. The SMILES string of the molecule is Cl.OCc1nc(C2CCNC2)no1. The molecule has 0 aliphatic carbocycles. The van der Waals surface area contributed by atoms with Crippen LogP contribution in [0.15, 0.2) is 4.52 Å². The smallest absolute Gasteiger partial charge is 0.252 e. The molecule has 2 N–H and O–H groups in total. The first-order chi connectivity index (χ1) is 5.90. The molecule has 1 saturated heterocycles. The van der Waals surface area contributed by atoms with Crippen LogP contribution in [0.3, 0.4) is 0 Å². The number of rotatable bonds is 2. The number of halogens is 1. The van der Waals surface area contributed by atoms with E-state index in [0.29, 0.717) is 17.6 Å². The van der Waals surface area contributed by atoms with E-state index in [4.69, 9.17) is 9.63 Å². The Bertz CT molecular complexity index is 260. The normalized spacial score (nSPS) is 21.5. The maximum Gasteiger partial charge on any atom is 0.252 e. The molecule has 0 aromatic carbocycles. The molecule has 0 saturated carbocycles. The Balaban J connectivity index is 0.000000845. The highest BCUT2D eigenvalue weighted by Gasteiger charge is 2.21. The minimum atomic E-state index is -0.173. The average Bonchev–Trinajstić information content (AvgIpc) is 2.75. The molecule has 1 aromatic heterocycles. The summed E-state index contributed by atoms with van der Waals surface area (Å²) in [5, 5.41) is 15.7. The van der Waals surface area contributed by atoms with E-state index >= 15 is 0 Å². The third-order valence-corrected chi connectivity index (χ3v) is 2.04. The van der Waals surface area contributed by atoms with Gasteiger partial charge in [0.1, 0.15) is 6.61 Å². The molecule has 6 heteroatoms. The fraction of sp³-hybridized carbons (Fsp3) is 0.714. The van der Waals surface area contributed by atoms with Gasteiger partial charge in [0.25, 0.3) is 5.89 Å². The van der Waals surface area contributed by atoms with Crippen LogP contribution in [0.25, 0.3) is 0 Å². The van der Waals surface area contributed by atoms with Crippen molar-refractivity contribution >= 4 is 12.4 Å². The molecule has 1 aromatic rings. The lowest BCUT2D eigenvalue weighted by atomic mass is 10.1. The van der Waals surface area contributed by atoms with Gasteiger partial charge in [-0.25, -0.2) is 0 Å². The molecular formula is C7H12ClN3O2. The number of aliphatic hydroxyl groups is 1. The topological polar surface area (TPSA) is 71.2 Å². The van der Waals surface area contributed by atoms with Crippen LogP contribution in [-0.2, 0) is 6.61 Å². The van der Waals surface area contributed by atoms with Crippen molar-refractivity contribution in [3.8, 4) is 0 Å². The molecule has 1 unspecified atom stereocenters. The largest absolute Gasteiger partial charge is 0.387 e. The molecule has 1 aliphatic heterocycles. The van der Waals surface area contributed by atoms with Gasteiger partial charge in [0.15, 0.2) is 5.82 Å². The molecular weight excluding hydrogens is 194 g/mol. The van der Waals surface area contributed by atoms with Crippen molar-refractivity contribution in [3.05, 3.63) is 11.7 Å². The van der Waals surface area contributed by atoms with E-state index in [9.17, 15) is 0 Å². The fourth-order valence-electron chi connectivity index (χ4n) is 1.37. The van der Waals surface area contributed by atoms with Crippen LogP contribution in [0.4, 0.5) is 0 Å². The second-order valence-electron chi connectivity index (χ2n) is 2.89. The molecule has 13 heavy (non-hydrogen) atoms. The standard InChI is InChI=1S/C7H11N3O2.ClH/c11-4-6-9-7(10-12-6)5-1-2-8-3-5;/h5,8,11H,1-4H2;1H. The van der Waals surface area contributed by atoms with Crippen LogP contribution in [0.2, 0.25) is 0 Å². The molecule has 1 atom stereocenters. The summed E-state index contributed by atoms with van der Waals surface area (Å²) in [5.41, 5.74) is 0. The van der Waals surface area contributed by atoms with Crippen molar-refractivity contribution in [3.63, 3.8) is 0 Å². The van der Waals surface area contributed by atoms with Crippen LogP contribution in [0.5, 0.6) is 0 Å². The summed E-state index contributed by atoms with van der Waals surface area (Å²) < 4.78 is 4.79. The number of hydrogen-bond donors (Lipinski definition) is 2. The van der Waals surface area contributed by atoms with E-state index in [0.717, 1.165) is 19.5 Å². The van der Waals surface area contributed by atoms with Crippen LogP contribution in [0, 0.1) is 0 Å². The average molecular weight is 206 g/mol. The monoisotopic (exact) mass is 205 g/mol. The van der Waals surface area contributed by atoms with E-state index in [1.165, 1.54) is 0 Å². The Labute approximate surface area is 81.9 Å². The fourth-order valence-corrected chi connectivity index (χ4v) is 1.37. The minimum Gasteiger partial charge on any atom is -0.387 e. The first-order valence-electron chi connectivity index (χ1n) is 4.04. The van der Waals surface area contributed by atoms with E-state index < -0.39 is 0 Å². The van der Waals surface area contributed by atoms with Crippen molar-refractivity contribution in [2.45, 2.75) is 18.9 Å². The van der Waals surface area contributed by atoms with Gasteiger partial charge in [0, 0.05) is 12.5 Å². The lowest BCUT2D eigenvalue weighted by Crippen LogP contribution is -2.08. The van der Waals surface area contributed by atoms with Crippen molar-refractivity contribution in [2.75, 3.05) is 13.1 Å². The highest BCUT2D eigenvalue weighted by atomic mass is 35.5. The summed E-state index contributed by atoms with van der Waals surface area (Å²) in [7, 11) is 0. The zero-order chi connectivity index (χ0) is 8.39. The van der Waals surface area contributed by atoms with Gasteiger partial charge < -0.3 is 14.9 Å². The summed E-state index contributed by atoms with van der Waals surface area (Å²) in [5.74, 6) is 1.37. The summed E-state index contributed by atoms with van der Waals surface area (Å²) in [6, 6.07) is 0. The Morgan fingerprint density at radius 3 is 3.00 bits per heavy atom. The molecule has 2 heterocycles. The number of hydrogen-bond acceptors (Lipinski definition) is 5. The Morgan fingerprint density at radius 1 is 1.62 bits per heavy atom. The van der Waals surface area contributed by atoms with E-state index in [1.54, 1.807) is 0 Å². The van der Waals surface area contributed by atoms with Crippen LogP contribution < -0.4 is 5.32 Å². The number of aromatic nitrogens is 2. The molecule has 0 spiro atoms. The van der Waals surface area contributed by atoms with E-state index in [2.05, 4.69) is 15.5 Å². The minimum absolute atomic E-state index is 0. The number of nitrogens with zero attached hydrogens (tertiary/aromatic N) is 2. The highest BCUT2D eigenvalue weighted by molar-refractivity contribution is 5.85. The molecule has 2 rings (SSSR count).